The van der Waals surface area contributed by atoms with Crippen LogP contribution in [0.5, 0.6) is 0 Å². The molecule has 1 aliphatic heterocycles. The summed E-state index contributed by atoms with van der Waals surface area (Å²) in [5, 5.41) is 13.2. The second-order valence-electron chi connectivity index (χ2n) is 5.92. The molecule has 0 radical (unpaired) electrons. The summed E-state index contributed by atoms with van der Waals surface area (Å²) < 4.78 is 5.66. The predicted octanol–water partition coefficient (Wildman–Crippen LogP) is 1.28. The number of carbonyl (C=O) groups excluding carboxylic acids is 1. The van der Waals surface area contributed by atoms with Crippen LogP contribution in [-0.2, 0) is 4.74 Å². The second-order valence-corrected chi connectivity index (χ2v) is 5.92. The molecule has 1 fully saturated rings. The number of likely N-dealkylation sites (N-methyl/N-ethyl adjacent to an activating group) is 1. The number of aliphatic hydroxyl groups excluding tert-OH is 1. The molecule has 22 heavy (non-hydrogen) atoms. The molecule has 0 aliphatic carbocycles. The molecule has 122 valence electrons. The van der Waals surface area contributed by atoms with E-state index in [0.29, 0.717) is 18.7 Å². The van der Waals surface area contributed by atoms with Crippen LogP contribution >= 0.6 is 0 Å². The van der Waals surface area contributed by atoms with Gasteiger partial charge in [-0.2, -0.15) is 0 Å². The summed E-state index contributed by atoms with van der Waals surface area (Å²) in [6.07, 6.45) is 1.36. The highest BCUT2D eigenvalue weighted by Gasteiger charge is 2.37. The zero-order valence-corrected chi connectivity index (χ0v) is 13.4. The van der Waals surface area contributed by atoms with Crippen LogP contribution in [0.3, 0.4) is 0 Å². The van der Waals surface area contributed by atoms with Crippen molar-refractivity contribution in [3.05, 3.63) is 35.9 Å². The summed E-state index contributed by atoms with van der Waals surface area (Å²) in [4.78, 5) is 14.3. The van der Waals surface area contributed by atoms with Crippen LogP contribution in [-0.4, -0.2) is 60.9 Å². The van der Waals surface area contributed by atoms with Crippen molar-refractivity contribution in [1.82, 2.24) is 10.2 Å². The van der Waals surface area contributed by atoms with Gasteiger partial charge in [-0.15, -0.1) is 0 Å². The maximum atomic E-state index is 12.1. The lowest BCUT2D eigenvalue weighted by Crippen LogP contribution is -2.46. The number of carbonyl (C=O) groups is 1. The number of amides is 1. The number of unbranched alkanes of at least 4 members (excludes halogenated alkanes) is 1. The van der Waals surface area contributed by atoms with Crippen molar-refractivity contribution < 1.29 is 14.6 Å². The highest BCUT2D eigenvalue weighted by molar-refractivity contribution is 5.94. The zero-order valence-electron chi connectivity index (χ0n) is 13.4. The molecule has 0 spiro atoms. The van der Waals surface area contributed by atoms with Crippen LogP contribution in [0, 0.1) is 0 Å². The smallest absolute Gasteiger partial charge is 0.251 e. The van der Waals surface area contributed by atoms with Crippen molar-refractivity contribution in [2.24, 2.45) is 0 Å². The van der Waals surface area contributed by atoms with Crippen LogP contribution in [0.4, 0.5) is 0 Å². The number of rotatable bonds is 7. The molecule has 1 aromatic rings. The van der Waals surface area contributed by atoms with E-state index in [1.54, 1.807) is 12.1 Å². The molecule has 0 unspecified atom stereocenters. The molecule has 2 N–H and O–H groups in total. The van der Waals surface area contributed by atoms with Crippen LogP contribution < -0.4 is 5.32 Å². The van der Waals surface area contributed by atoms with Crippen LogP contribution in [0.1, 0.15) is 30.1 Å². The van der Waals surface area contributed by atoms with E-state index in [0.717, 1.165) is 19.4 Å². The minimum Gasteiger partial charge on any atom is -0.388 e. The Labute approximate surface area is 132 Å². The first-order valence-corrected chi connectivity index (χ1v) is 7.96. The first kappa shape index (κ1) is 16.9. The molecule has 0 saturated carbocycles. The van der Waals surface area contributed by atoms with Gasteiger partial charge in [0.05, 0.1) is 18.8 Å². The maximum Gasteiger partial charge on any atom is 0.251 e. The molecule has 2 rings (SSSR count). The molecule has 5 nitrogen and oxygen atoms in total. The molecule has 0 bridgehead atoms. The van der Waals surface area contributed by atoms with Crippen molar-refractivity contribution in [1.29, 1.82) is 0 Å². The van der Waals surface area contributed by atoms with Crippen LogP contribution in [0.15, 0.2) is 30.3 Å². The molecular formula is C17H26N2O3. The Kier molecular flexibility index (Phi) is 6.36. The van der Waals surface area contributed by atoms with E-state index < -0.39 is 6.10 Å². The number of nitrogens with one attached hydrogen (secondary N) is 1. The Balaban J connectivity index is 1.83. The Hall–Kier alpha value is -1.43. The van der Waals surface area contributed by atoms with E-state index in [9.17, 15) is 9.90 Å². The number of ether oxygens (including phenoxy) is 1. The topological polar surface area (TPSA) is 61.8 Å². The Bertz CT molecular complexity index is 466. The van der Waals surface area contributed by atoms with E-state index in [1.807, 2.05) is 25.2 Å². The van der Waals surface area contributed by atoms with Crippen molar-refractivity contribution in [3.63, 3.8) is 0 Å². The second kappa shape index (κ2) is 8.27. The third-order valence-electron chi connectivity index (χ3n) is 4.02. The van der Waals surface area contributed by atoms with Crippen molar-refractivity contribution in [2.75, 3.05) is 26.7 Å². The third kappa shape index (κ3) is 4.53. The first-order valence-electron chi connectivity index (χ1n) is 7.96. The monoisotopic (exact) mass is 306 g/mol. The SMILES string of the molecule is CCCCN(C)C[C@@H]1OC[C@H](NC(=O)c2ccccc2)[C@H]1O. The average Bonchev–Trinajstić information content (AvgIpc) is 2.87. The molecule has 1 aliphatic rings. The number of nitrogens with zero attached hydrogens (tertiary/aromatic N) is 1. The van der Waals surface area contributed by atoms with Gasteiger partial charge in [0, 0.05) is 12.1 Å². The number of aliphatic hydroxyl groups is 1. The van der Waals surface area contributed by atoms with E-state index >= 15 is 0 Å². The summed E-state index contributed by atoms with van der Waals surface area (Å²) >= 11 is 0. The normalized spacial score (nSPS) is 24.6. The van der Waals surface area contributed by atoms with E-state index in [1.165, 1.54) is 0 Å². The molecule has 3 atom stereocenters. The summed E-state index contributed by atoms with van der Waals surface area (Å²) in [5.41, 5.74) is 0.596. The van der Waals surface area contributed by atoms with E-state index in [2.05, 4.69) is 17.1 Å². The minimum absolute atomic E-state index is 0.173. The highest BCUT2D eigenvalue weighted by atomic mass is 16.5. The van der Waals surface area contributed by atoms with Gasteiger partial charge in [-0.05, 0) is 32.1 Å². The molecule has 5 heteroatoms. The summed E-state index contributed by atoms with van der Waals surface area (Å²) in [5.74, 6) is -0.173. The Morgan fingerprint density at radius 3 is 2.82 bits per heavy atom. The summed E-state index contributed by atoms with van der Waals surface area (Å²) in [6.45, 7) is 4.18. The summed E-state index contributed by atoms with van der Waals surface area (Å²) in [6, 6.07) is 8.68. The fraction of sp³-hybridized carbons (Fsp3) is 0.588. The van der Waals surface area contributed by atoms with Gasteiger partial charge < -0.3 is 20.1 Å². The van der Waals surface area contributed by atoms with Gasteiger partial charge in [-0.3, -0.25) is 4.79 Å². The lowest BCUT2D eigenvalue weighted by atomic mass is 10.1. The molecule has 1 saturated heterocycles. The number of benzene rings is 1. The largest absolute Gasteiger partial charge is 0.388 e. The fourth-order valence-corrected chi connectivity index (χ4v) is 2.64. The van der Waals surface area contributed by atoms with Gasteiger partial charge in [0.15, 0.2) is 0 Å². The minimum atomic E-state index is -0.670. The molecule has 1 amide bonds. The van der Waals surface area contributed by atoms with E-state index in [4.69, 9.17) is 4.74 Å². The van der Waals surface area contributed by atoms with Crippen LogP contribution in [0.2, 0.25) is 0 Å². The Morgan fingerprint density at radius 2 is 2.14 bits per heavy atom. The molecule has 1 heterocycles. The average molecular weight is 306 g/mol. The quantitative estimate of drug-likeness (QED) is 0.796. The standard InChI is InChI=1S/C17H26N2O3/c1-3-4-10-19(2)11-15-16(20)14(12-22-15)18-17(21)13-8-6-5-7-9-13/h5-9,14-16,20H,3-4,10-12H2,1-2H3,(H,18,21)/t14-,15-,16+/m0/s1. The molecular weight excluding hydrogens is 280 g/mol. The molecule has 0 aromatic heterocycles. The first-order chi connectivity index (χ1) is 10.6. The van der Waals surface area contributed by atoms with Gasteiger partial charge in [0.1, 0.15) is 6.10 Å². The van der Waals surface area contributed by atoms with Gasteiger partial charge in [0.2, 0.25) is 0 Å². The fourth-order valence-electron chi connectivity index (χ4n) is 2.64. The van der Waals surface area contributed by atoms with E-state index in [-0.39, 0.29) is 18.1 Å². The van der Waals surface area contributed by atoms with Crippen molar-refractivity contribution in [3.8, 4) is 0 Å². The van der Waals surface area contributed by atoms with Crippen molar-refractivity contribution >= 4 is 5.91 Å². The van der Waals surface area contributed by atoms with Gasteiger partial charge in [-0.25, -0.2) is 0 Å². The van der Waals surface area contributed by atoms with Crippen LogP contribution in [0.25, 0.3) is 0 Å². The Morgan fingerprint density at radius 1 is 1.41 bits per heavy atom. The van der Waals surface area contributed by atoms with Gasteiger partial charge in [0.25, 0.3) is 5.91 Å². The number of hydrogen-bond acceptors (Lipinski definition) is 4. The zero-order chi connectivity index (χ0) is 15.9. The van der Waals surface area contributed by atoms with Crippen molar-refractivity contribution in [2.45, 2.75) is 38.0 Å². The maximum absolute atomic E-state index is 12.1. The lowest BCUT2D eigenvalue weighted by Gasteiger charge is -2.23. The molecule has 1 aromatic carbocycles. The lowest BCUT2D eigenvalue weighted by molar-refractivity contribution is 0.0199. The number of hydrogen-bond donors (Lipinski definition) is 2. The highest BCUT2D eigenvalue weighted by Crippen LogP contribution is 2.16. The van der Waals surface area contributed by atoms with Gasteiger partial charge in [-0.1, -0.05) is 31.5 Å². The third-order valence-corrected chi connectivity index (χ3v) is 4.02. The summed E-state index contributed by atoms with van der Waals surface area (Å²) in [7, 11) is 2.03. The predicted molar refractivity (Wildman–Crippen MR) is 85.8 cm³/mol. The van der Waals surface area contributed by atoms with Gasteiger partial charge >= 0.3 is 0 Å².